The number of aliphatic hydroxyl groups is 1. The number of nitrogens with zero attached hydrogens (tertiary/aromatic N) is 3. The molecule has 4 rings (SSSR count). The van der Waals surface area contributed by atoms with Crippen LogP contribution >= 0.6 is 11.3 Å². The number of aryl methyl sites for hydroxylation is 2. The number of aromatic nitrogens is 2. The first kappa shape index (κ1) is 19.9. The zero-order valence-electron chi connectivity index (χ0n) is 16.0. The summed E-state index contributed by atoms with van der Waals surface area (Å²) in [5, 5.41) is 14.2. The molecular formula is C20H20F3N3O2S. The van der Waals surface area contributed by atoms with Crippen molar-refractivity contribution in [2.75, 3.05) is 18.0 Å². The van der Waals surface area contributed by atoms with Gasteiger partial charge in [-0.25, -0.2) is 9.97 Å². The lowest BCUT2D eigenvalue weighted by Gasteiger charge is -2.39. The van der Waals surface area contributed by atoms with E-state index in [4.69, 9.17) is 0 Å². The molecule has 0 spiro atoms. The van der Waals surface area contributed by atoms with Crippen molar-refractivity contribution in [2.24, 2.45) is 0 Å². The second-order valence-electron chi connectivity index (χ2n) is 7.29. The zero-order chi connectivity index (χ0) is 20.8. The molecule has 1 N–H and O–H groups in total. The van der Waals surface area contributed by atoms with Gasteiger partial charge in [-0.05, 0) is 55.3 Å². The van der Waals surface area contributed by atoms with E-state index in [1.165, 1.54) is 18.2 Å². The minimum absolute atomic E-state index is 0.326. The minimum atomic E-state index is -4.76. The molecule has 0 aliphatic carbocycles. The fraction of sp³-hybridized carbons (Fsp3) is 0.400. The fourth-order valence-corrected chi connectivity index (χ4v) is 4.72. The zero-order valence-corrected chi connectivity index (χ0v) is 16.8. The smallest absolute Gasteiger partial charge is 0.406 e. The van der Waals surface area contributed by atoms with Crippen molar-refractivity contribution in [1.82, 2.24) is 9.97 Å². The summed E-state index contributed by atoms with van der Waals surface area (Å²) in [5.74, 6) is 1.21. The molecule has 29 heavy (non-hydrogen) atoms. The number of hydrogen-bond acceptors (Lipinski definition) is 6. The van der Waals surface area contributed by atoms with E-state index in [1.54, 1.807) is 17.4 Å². The SMILES string of the molecule is Cc1nc(N2CCC(O)(c3cccc(OC(F)(F)F)c3)CC2)c2c(C)csc2n1. The van der Waals surface area contributed by atoms with Crippen LogP contribution in [0.4, 0.5) is 19.0 Å². The maximum atomic E-state index is 12.5. The van der Waals surface area contributed by atoms with E-state index in [0.717, 1.165) is 21.6 Å². The number of anilines is 1. The van der Waals surface area contributed by atoms with Gasteiger partial charge in [-0.1, -0.05) is 12.1 Å². The van der Waals surface area contributed by atoms with Gasteiger partial charge in [0, 0.05) is 13.1 Å². The lowest BCUT2D eigenvalue weighted by Crippen LogP contribution is -2.43. The Morgan fingerprint density at radius 3 is 2.59 bits per heavy atom. The van der Waals surface area contributed by atoms with Crippen LogP contribution in [0.25, 0.3) is 10.2 Å². The van der Waals surface area contributed by atoms with Crippen molar-refractivity contribution >= 4 is 27.4 Å². The van der Waals surface area contributed by atoms with Crippen LogP contribution < -0.4 is 9.64 Å². The molecule has 3 heterocycles. The molecule has 1 fully saturated rings. The van der Waals surface area contributed by atoms with E-state index in [1.807, 2.05) is 13.8 Å². The summed E-state index contributed by atoms with van der Waals surface area (Å²) in [6.45, 7) is 4.93. The normalized spacial score (nSPS) is 17.0. The van der Waals surface area contributed by atoms with Crippen LogP contribution in [0.5, 0.6) is 5.75 Å². The Balaban J connectivity index is 1.57. The van der Waals surface area contributed by atoms with Gasteiger partial charge in [0.1, 0.15) is 22.2 Å². The Kier molecular flexibility index (Phi) is 4.90. The molecule has 2 aromatic heterocycles. The summed E-state index contributed by atoms with van der Waals surface area (Å²) in [4.78, 5) is 12.2. The van der Waals surface area contributed by atoms with E-state index in [9.17, 15) is 18.3 Å². The Morgan fingerprint density at radius 2 is 1.90 bits per heavy atom. The molecule has 0 saturated carbocycles. The second kappa shape index (κ2) is 7.14. The van der Waals surface area contributed by atoms with E-state index < -0.39 is 12.0 Å². The van der Waals surface area contributed by atoms with Gasteiger partial charge >= 0.3 is 6.36 Å². The molecule has 0 amide bonds. The predicted octanol–water partition coefficient (Wildman–Crippen LogP) is 4.69. The first-order valence-corrected chi connectivity index (χ1v) is 10.1. The number of alkyl halides is 3. The van der Waals surface area contributed by atoms with Crippen LogP contribution in [0.15, 0.2) is 29.6 Å². The van der Waals surface area contributed by atoms with E-state index in [2.05, 4.69) is 25.0 Å². The molecule has 0 unspecified atom stereocenters. The second-order valence-corrected chi connectivity index (χ2v) is 8.15. The summed E-state index contributed by atoms with van der Waals surface area (Å²) in [6.07, 6.45) is -4.02. The van der Waals surface area contributed by atoms with Gasteiger partial charge < -0.3 is 14.7 Å². The van der Waals surface area contributed by atoms with Gasteiger partial charge in [0.05, 0.1) is 11.0 Å². The molecule has 1 aliphatic heterocycles. The average molecular weight is 423 g/mol. The van der Waals surface area contributed by atoms with E-state index >= 15 is 0 Å². The number of benzene rings is 1. The quantitative estimate of drug-likeness (QED) is 0.662. The predicted molar refractivity (Wildman–Crippen MR) is 105 cm³/mol. The number of fused-ring (bicyclic) bond motifs is 1. The standard InChI is InChI=1S/C20H20F3N3O2S/c1-12-11-29-18-16(12)17(24-13(2)25-18)26-8-6-19(27,7-9-26)14-4-3-5-15(10-14)28-20(21,22)23/h3-5,10-11,27H,6-9H2,1-2H3. The van der Waals surface area contributed by atoms with Crippen LogP contribution in [0, 0.1) is 13.8 Å². The summed E-state index contributed by atoms with van der Waals surface area (Å²) < 4.78 is 41.5. The molecule has 1 saturated heterocycles. The largest absolute Gasteiger partial charge is 0.573 e. The molecular weight excluding hydrogens is 403 g/mol. The van der Waals surface area contributed by atoms with Crippen molar-refractivity contribution in [2.45, 2.75) is 38.7 Å². The van der Waals surface area contributed by atoms with E-state index in [0.29, 0.717) is 37.3 Å². The third kappa shape index (κ3) is 4.02. The summed E-state index contributed by atoms with van der Waals surface area (Å²) in [6, 6.07) is 5.59. The van der Waals surface area contributed by atoms with Crippen molar-refractivity contribution < 1.29 is 23.0 Å². The molecule has 0 radical (unpaired) electrons. The number of thiophene rings is 1. The molecule has 0 bridgehead atoms. The Bertz CT molecular complexity index is 1040. The summed E-state index contributed by atoms with van der Waals surface area (Å²) >= 11 is 1.58. The highest BCUT2D eigenvalue weighted by molar-refractivity contribution is 7.17. The highest BCUT2D eigenvalue weighted by Crippen LogP contribution is 2.39. The molecule has 3 aromatic rings. The van der Waals surface area contributed by atoms with Crippen LogP contribution in [-0.2, 0) is 5.60 Å². The number of ether oxygens (including phenoxy) is 1. The number of rotatable bonds is 3. The van der Waals surface area contributed by atoms with Crippen molar-refractivity contribution in [3.05, 3.63) is 46.6 Å². The third-order valence-electron chi connectivity index (χ3n) is 5.21. The van der Waals surface area contributed by atoms with Crippen molar-refractivity contribution in [3.63, 3.8) is 0 Å². The maximum absolute atomic E-state index is 12.5. The van der Waals surface area contributed by atoms with E-state index in [-0.39, 0.29) is 5.75 Å². The van der Waals surface area contributed by atoms with Crippen LogP contribution in [0.3, 0.4) is 0 Å². The summed E-state index contributed by atoms with van der Waals surface area (Å²) in [7, 11) is 0. The fourth-order valence-electron chi connectivity index (χ4n) is 3.75. The number of halogens is 3. The first-order valence-electron chi connectivity index (χ1n) is 9.21. The van der Waals surface area contributed by atoms with Gasteiger partial charge in [-0.2, -0.15) is 0 Å². The van der Waals surface area contributed by atoms with Gasteiger partial charge in [0.15, 0.2) is 0 Å². The van der Waals surface area contributed by atoms with Gasteiger partial charge in [0.25, 0.3) is 0 Å². The lowest BCUT2D eigenvalue weighted by atomic mass is 9.84. The van der Waals surface area contributed by atoms with Crippen LogP contribution in [0.1, 0.15) is 29.8 Å². The van der Waals surface area contributed by atoms with Gasteiger partial charge in [-0.3, -0.25) is 0 Å². The van der Waals surface area contributed by atoms with Gasteiger partial charge in [-0.15, -0.1) is 24.5 Å². The average Bonchev–Trinajstić information content (AvgIpc) is 3.01. The lowest BCUT2D eigenvalue weighted by molar-refractivity contribution is -0.274. The topological polar surface area (TPSA) is 58.5 Å². The monoisotopic (exact) mass is 423 g/mol. The number of hydrogen-bond donors (Lipinski definition) is 1. The third-order valence-corrected chi connectivity index (χ3v) is 6.20. The van der Waals surface area contributed by atoms with Crippen molar-refractivity contribution in [1.29, 1.82) is 0 Å². The van der Waals surface area contributed by atoms with Crippen LogP contribution in [0.2, 0.25) is 0 Å². The number of piperidine rings is 1. The summed E-state index contributed by atoms with van der Waals surface area (Å²) in [5.41, 5.74) is 0.319. The molecule has 0 atom stereocenters. The van der Waals surface area contributed by atoms with Gasteiger partial charge in [0.2, 0.25) is 0 Å². The van der Waals surface area contributed by atoms with Crippen molar-refractivity contribution in [3.8, 4) is 5.75 Å². The Labute approximate surface area is 169 Å². The molecule has 9 heteroatoms. The van der Waals surface area contributed by atoms with Crippen LogP contribution in [-0.4, -0.2) is 34.5 Å². The molecule has 154 valence electrons. The molecule has 1 aliphatic rings. The minimum Gasteiger partial charge on any atom is -0.406 e. The molecule has 1 aromatic carbocycles. The highest BCUT2D eigenvalue weighted by Gasteiger charge is 2.36. The highest BCUT2D eigenvalue weighted by atomic mass is 32.1. The Hall–Kier alpha value is -2.39. The first-order chi connectivity index (χ1) is 13.6. The molecule has 5 nitrogen and oxygen atoms in total. The Morgan fingerprint density at radius 1 is 1.17 bits per heavy atom. The maximum Gasteiger partial charge on any atom is 0.573 e.